The van der Waals surface area contributed by atoms with Gasteiger partial charge in [0.2, 0.25) is 0 Å². The Labute approximate surface area is 189 Å². The molecule has 8 heteroatoms. The molecule has 2 N–H and O–H groups in total. The molecule has 5 nitrogen and oxygen atoms in total. The van der Waals surface area contributed by atoms with Crippen molar-refractivity contribution in [1.82, 2.24) is 15.0 Å². The number of anilines is 2. The van der Waals surface area contributed by atoms with Crippen molar-refractivity contribution in [3.8, 4) is 17.1 Å². The van der Waals surface area contributed by atoms with Crippen molar-refractivity contribution in [2.45, 2.75) is 20.3 Å². The van der Waals surface area contributed by atoms with Gasteiger partial charge in [-0.05, 0) is 43.7 Å². The quantitative estimate of drug-likeness (QED) is 0.333. The van der Waals surface area contributed by atoms with Crippen molar-refractivity contribution >= 4 is 45.4 Å². The lowest BCUT2D eigenvalue weighted by Gasteiger charge is -2.09. The molecule has 4 rings (SSSR count). The summed E-state index contributed by atoms with van der Waals surface area (Å²) < 4.78 is 5.58. The maximum Gasteiger partial charge on any atom is 0.187 e. The second-order valence-electron chi connectivity index (χ2n) is 6.91. The van der Waals surface area contributed by atoms with Crippen LogP contribution in [0.4, 0.5) is 10.8 Å². The average molecular weight is 459 g/mol. The van der Waals surface area contributed by atoms with Gasteiger partial charge >= 0.3 is 0 Å². The molecular weight excluding hydrogens is 439 g/mol. The van der Waals surface area contributed by atoms with Crippen LogP contribution >= 0.6 is 34.5 Å². The van der Waals surface area contributed by atoms with E-state index in [0.717, 1.165) is 51.3 Å². The molecule has 154 valence electrons. The number of aryl methyl sites for hydroxylation is 2. The number of methoxy groups -OCH3 is 1. The fourth-order valence-corrected chi connectivity index (χ4v) is 4.46. The third-order valence-electron chi connectivity index (χ3n) is 4.65. The Kier molecular flexibility index (Phi) is 5.99. The van der Waals surface area contributed by atoms with Gasteiger partial charge in [0.05, 0.1) is 28.4 Å². The van der Waals surface area contributed by atoms with Crippen molar-refractivity contribution in [3.63, 3.8) is 0 Å². The Balaban J connectivity index is 1.54. The molecule has 2 aromatic heterocycles. The zero-order valence-electron chi connectivity index (χ0n) is 16.7. The van der Waals surface area contributed by atoms with Crippen molar-refractivity contribution in [2.75, 3.05) is 12.4 Å². The molecule has 0 bridgehead atoms. The number of imidazole rings is 1. The molecule has 0 saturated heterocycles. The van der Waals surface area contributed by atoms with Gasteiger partial charge in [-0.1, -0.05) is 29.3 Å². The summed E-state index contributed by atoms with van der Waals surface area (Å²) in [4.78, 5) is 13.5. The topological polar surface area (TPSA) is 62.8 Å². The molecule has 0 saturated carbocycles. The Morgan fingerprint density at radius 2 is 1.93 bits per heavy atom. The Morgan fingerprint density at radius 1 is 1.10 bits per heavy atom. The van der Waals surface area contributed by atoms with Crippen LogP contribution in [0.2, 0.25) is 10.0 Å². The normalized spacial score (nSPS) is 11.0. The van der Waals surface area contributed by atoms with E-state index in [1.807, 2.05) is 50.2 Å². The van der Waals surface area contributed by atoms with E-state index < -0.39 is 0 Å². The highest BCUT2D eigenvalue weighted by molar-refractivity contribution is 7.15. The number of hydrogen-bond donors (Lipinski definition) is 2. The highest BCUT2D eigenvalue weighted by atomic mass is 35.5. The van der Waals surface area contributed by atoms with E-state index in [2.05, 4.69) is 20.3 Å². The number of rotatable bonds is 6. The summed E-state index contributed by atoms with van der Waals surface area (Å²) in [6.45, 7) is 3.98. The van der Waals surface area contributed by atoms with E-state index in [9.17, 15) is 0 Å². The number of ether oxygens (including phenoxy) is 1. The number of H-pyrrole nitrogens is 1. The van der Waals surface area contributed by atoms with E-state index in [0.29, 0.717) is 10.0 Å². The number of thiazole rings is 1. The fourth-order valence-electron chi connectivity index (χ4n) is 3.12. The maximum absolute atomic E-state index is 6.14. The predicted molar refractivity (Wildman–Crippen MR) is 125 cm³/mol. The van der Waals surface area contributed by atoms with Gasteiger partial charge in [-0.25, -0.2) is 9.97 Å². The average Bonchev–Trinajstić information content (AvgIpc) is 3.30. The van der Waals surface area contributed by atoms with Crippen LogP contribution in [0, 0.1) is 13.8 Å². The molecule has 0 aliphatic heterocycles. The number of halogens is 2. The molecule has 0 fully saturated rings. The number of aromatic amines is 1. The first-order valence-electron chi connectivity index (χ1n) is 9.30. The molecule has 0 unspecified atom stereocenters. The molecule has 0 spiro atoms. The van der Waals surface area contributed by atoms with Gasteiger partial charge in [0.1, 0.15) is 11.6 Å². The summed E-state index contributed by atoms with van der Waals surface area (Å²) in [5, 5.41) is 5.33. The zero-order valence-corrected chi connectivity index (χ0v) is 19.0. The molecule has 30 heavy (non-hydrogen) atoms. The minimum Gasteiger partial charge on any atom is -0.496 e. The first-order chi connectivity index (χ1) is 14.4. The summed E-state index contributed by atoms with van der Waals surface area (Å²) in [7, 11) is 1.65. The maximum atomic E-state index is 6.14. The fraction of sp³-hybridized carbons (Fsp3) is 0.182. The minimum atomic E-state index is 0.561. The van der Waals surface area contributed by atoms with Gasteiger partial charge in [0, 0.05) is 34.9 Å². The summed E-state index contributed by atoms with van der Waals surface area (Å²) in [5.41, 5.74) is 4.90. The number of aromatic nitrogens is 3. The van der Waals surface area contributed by atoms with Gasteiger partial charge < -0.3 is 15.0 Å². The van der Waals surface area contributed by atoms with Gasteiger partial charge in [0.25, 0.3) is 0 Å². The molecular formula is C22H20Cl2N4OS. The largest absolute Gasteiger partial charge is 0.496 e. The molecule has 0 atom stereocenters. The molecule has 0 aliphatic rings. The summed E-state index contributed by atoms with van der Waals surface area (Å²) >= 11 is 13.8. The van der Waals surface area contributed by atoms with E-state index in [1.165, 1.54) is 4.88 Å². The zero-order chi connectivity index (χ0) is 21.3. The molecule has 2 heterocycles. The van der Waals surface area contributed by atoms with Crippen LogP contribution in [-0.2, 0) is 6.42 Å². The summed E-state index contributed by atoms with van der Waals surface area (Å²) in [5.74, 6) is 1.52. The minimum absolute atomic E-state index is 0.561. The third-order valence-corrected chi connectivity index (χ3v) is 6.46. The van der Waals surface area contributed by atoms with Gasteiger partial charge in [-0.3, -0.25) is 0 Å². The second kappa shape index (κ2) is 8.68. The third kappa shape index (κ3) is 4.46. The van der Waals surface area contributed by atoms with Crippen LogP contribution in [0.1, 0.15) is 21.8 Å². The van der Waals surface area contributed by atoms with Crippen molar-refractivity contribution in [2.24, 2.45) is 0 Å². The van der Waals surface area contributed by atoms with Crippen LogP contribution in [0.15, 0.2) is 42.6 Å². The first-order valence-corrected chi connectivity index (χ1v) is 10.9. The van der Waals surface area contributed by atoms with Crippen molar-refractivity contribution in [3.05, 3.63) is 74.5 Å². The SMILES string of the molecule is COc1cc(Nc2nc(C)c(Cc3ccc(Cl)c(Cl)c3)s2)ccc1-c1ncc(C)[nH]1. The summed E-state index contributed by atoms with van der Waals surface area (Å²) in [6.07, 6.45) is 2.55. The van der Waals surface area contributed by atoms with Crippen LogP contribution in [0.3, 0.4) is 0 Å². The first kappa shape index (κ1) is 20.7. The van der Waals surface area contributed by atoms with E-state index in [4.69, 9.17) is 27.9 Å². The second-order valence-corrected chi connectivity index (χ2v) is 8.81. The van der Waals surface area contributed by atoms with Crippen LogP contribution in [-0.4, -0.2) is 22.1 Å². The monoisotopic (exact) mass is 458 g/mol. The Morgan fingerprint density at radius 3 is 2.63 bits per heavy atom. The lowest BCUT2D eigenvalue weighted by molar-refractivity contribution is 0.416. The van der Waals surface area contributed by atoms with Crippen LogP contribution < -0.4 is 10.1 Å². The predicted octanol–water partition coefficient (Wildman–Crippen LogP) is 6.80. The highest BCUT2D eigenvalue weighted by Crippen LogP contribution is 2.34. The van der Waals surface area contributed by atoms with Crippen molar-refractivity contribution < 1.29 is 4.74 Å². The number of nitrogens with one attached hydrogen (secondary N) is 2. The lowest BCUT2D eigenvalue weighted by Crippen LogP contribution is -1.94. The molecule has 0 aliphatic carbocycles. The smallest absolute Gasteiger partial charge is 0.187 e. The Hall–Kier alpha value is -2.54. The number of benzene rings is 2. The van der Waals surface area contributed by atoms with E-state index >= 15 is 0 Å². The number of hydrogen-bond acceptors (Lipinski definition) is 5. The standard InChI is InChI=1S/C22H20Cl2N4OS/c1-12-11-25-21(26-12)16-6-5-15(10-19(16)29-3)28-22-27-13(2)20(30-22)9-14-4-7-17(23)18(24)8-14/h4-8,10-11H,9H2,1-3H3,(H,25,26)(H,27,28). The van der Waals surface area contributed by atoms with Gasteiger partial charge in [-0.2, -0.15) is 0 Å². The molecule has 0 amide bonds. The van der Waals surface area contributed by atoms with Crippen LogP contribution in [0.25, 0.3) is 11.4 Å². The Bertz CT molecular complexity index is 1200. The van der Waals surface area contributed by atoms with E-state index in [1.54, 1.807) is 24.6 Å². The molecule has 0 radical (unpaired) electrons. The van der Waals surface area contributed by atoms with Crippen LogP contribution in [0.5, 0.6) is 5.75 Å². The number of nitrogens with zero attached hydrogens (tertiary/aromatic N) is 2. The summed E-state index contributed by atoms with van der Waals surface area (Å²) in [6, 6.07) is 11.6. The van der Waals surface area contributed by atoms with Gasteiger partial charge in [0.15, 0.2) is 5.13 Å². The van der Waals surface area contributed by atoms with Crippen molar-refractivity contribution in [1.29, 1.82) is 0 Å². The highest BCUT2D eigenvalue weighted by Gasteiger charge is 2.13. The lowest BCUT2D eigenvalue weighted by atomic mass is 10.1. The molecule has 4 aromatic rings. The molecule has 2 aromatic carbocycles. The van der Waals surface area contributed by atoms with Gasteiger partial charge in [-0.15, -0.1) is 11.3 Å². The van der Waals surface area contributed by atoms with E-state index in [-0.39, 0.29) is 0 Å².